The van der Waals surface area contributed by atoms with E-state index in [0.29, 0.717) is 0 Å². The van der Waals surface area contributed by atoms with Crippen LogP contribution in [0.1, 0.15) is 5.56 Å². The Morgan fingerprint density at radius 1 is 1.24 bits per heavy atom. The van der Waals surface area contributed by atoms with Crippen LogP contribution in [-0.2, 0) is 16.6 Å². The molecule has 110 valence electrons. The summed E-state index contributed by atoms with van der Waals surface area (Å²) in [5, 5.41) is 10.6. The zero-order chi connectivity index (χ0) is 15.6. The molecular formula is C13H10F2N2O3S. The summed E-state index contributed by atoms with van der Waals surface area (Å²) in [5.74, 6) is -2.00. The SMILES string of the molecule is Nc1ccc(F)cc1S(=O)Cc1cccc([N+](=O)[O-])c1F. The molecule has 5 nitrogen and oxygen atoms in total. The van der Waals surface area contributed by atoms with Crippen LogP contribution in [0.25, 0.3) is 0 Å². The molecule has 1 atom stereocenters. The van der Waals surface area contributed by atoms with E-state index in [4.69, 9.17) is 5.73 Å². The molecule has 1 unspecified atom stereocenters. The van der Waals surface area contributed by atoms with Gasteiger partial charge in [-0.15, -0.1) is 0 Å². The molecule has 0 aliphatic heterocycles. The first kappa shape index (κ1) is 15.0. The van der Waals surface area contributed by atoms with Crippen LogP contribution in [0.5, 0.6) is 0 Å². The fourth-order valence-electron chi connectivity index (χ4n) is 1.74. The maximum absolute atomic E-state index is 13.9. The van der Waals surface area contributed by atoms with Crippen molar-refractivity contribution in [2.75, 3.05) is 5.73 Å². The van der Waals surface area contributed by atoms with Gasteiger partial charge in [-0.05, 0) is 18.2 Å². The minimum Gasteiger partial charge on any atom is -0.398 e. The molecule has 21 heavy (non-hydrogen) atoms. The number of hydrogen-bond acceptors (Lipinski definition) is 4. The molecule has 2 aromatic rings. The minimum absolute atomic E-state index is 0.0286. The zero-order valence-electron chi connectivity index (χ0n) is 10.6. The van der Waals surface area contributed by atoms with Gasteiger partial charge in [-0.3, -0.25) is 14.3 Å². The molecule has 0 radical (unpaired) electrons. The van der Waals surface area contributed by atoms with E-state index in [1.54, 1.807) is 0 Å². The van der Waals surface area contributed by atoms with E-state index in [2.05, 4.69) is 0 Å². The van der Waals surface area contributed by atoms with E-state index in [-0.39, 0.29) is 21.9 Å². The lowest BCUT2D eigenvalue weighted by molar-refractivity contribution is -0.387. The largest absolute Gasteiger partial charge is 0.398 e. The summed E-state index contributed by atoms with van der Waals surface area (Å²) >= 11 is 0. The average Bonchev–Trinajstić information content (AvgIpc) is 2.43. The first-order chi connectivity index (χ1) is 9.90. The molecule has 2 aromatic carbocycles. The van der Waals surface area contributed by atoms with Gasteiger partial charge in [0, 0.05) is 17.3 Å². The lowest BCUT2D eigenvalue weighted by atomic mass is 10.2. The first-order valence-electron chi connectivity index (χ1n) is 5.75. The van der Waals surface area contributed by atoms with Crippen molar-refractivity contribution in [2.45, 2.75) is 10.6 Å². The van der Waals surface area contributed by atoms with Crippen molar-refractivity contribution in [2.24, 2.45) is 0 Å². The summed E-state index contributed by atoms with van der Waals surface area (Å²) < 4.78 is 39.2. The molecule has 0 aromatic heterocycles. The quantitative estimate of drug-likeness (QED) is 0.534. The third-order valence-electron chi connectivity index (χ3n) is 2.76. The van der Waals surface area contributed by atoms with E-state index in [1.807, 2.05) is 0 Å². The highest BCUT2D eigenvalue weighted by Gasteiger charge is 2.19. The predicted molar refractivity (Wildman–Crippen MR) is 74.0 cm³/mol. The monoisotopic (exact) mass is 312 g/mol. The Kier molecular flexibility index (Phi) is 4.27. The van der Waals surface area contributed by atoms with Crippen LogP contribution in [0.4, 0.5) is 20.2 Å². The summed E-state index contributed by atoms with van der Waals surface area (Å²) in [7, 11) is -1.82. The van der Waals surface area contributed by atoms with Crippen LogP contribution in [0.3, 0.4) is 0 Å². The van der Waals surface area contributed by atoms with E-state index in [9.17, 15) is 23.1 Å². The third-order valence-corrected chi connectivity index (χ3v) is 4.18. The molecule has 0 saturated carbocycles. The standard InChI is InChI=1S/C13H10F2N2O3S/c14-9-4-5-10(16)12(6-9)21(20)7-8-2-1-3-11(13(8)15)17(18)19/h1-6H,7,16H2. The highest BCUT2D eigenvalue weighted by Crippen LogP contribution is 2.25. The van der Waals surface area contributed by atoms with Crippen LogP contribution in [0.2, 0.25) is 0 Å². The van der Waals surface area contributed by atoms with Gasteiger partial charge in [0.15, 0.2) is 0 Å². The average molecular weight is 312 g/mol. The number of anilines is 1. The minimum atomic E-state index is -1.82. The van der Waals surface area contributed by atoms with Crippen molar-refractivity contribution in [3.63, 3.8) is 0 Å². The molecule has 0 saturated heterocycles. The van der Waals surface area contributed by atoms with Crippen LogP contribution in [0, 0.1) is 21.7 Å². The van der Waals surface area contributed by atoms with Crippen LogP contribution in [-0.4, -0.2) is 9.13 Å². The van der Waals surface area contributed by atoms with Crippen LogP contribution in [0.15, 0.2) is 41.3 Å². The van der Waals surface area contributed by atoms with E-state index in [0.717, 1.165) is 18.2 Å². The lowest BCUT2D eigenvalue weighted by Gasteiger charge is -2.07. The molecule has 0 aliphatic rings. The van der Waals surface area contributed by atoms with Crippen molar-refractivity contribution in [1.82, 2.24) is 0 Å². The van der Waals surface area contributed by atoms with Crippen molar-refractivity contribution in [3.8, 4) is 0 Å². The maximum atomic E-state index is 13.9. The number of benzene rings is 2. The number of nitrogens with zero attached hydrogens (tertiary/aromatic N) is 1. The zero-order valence-corrected chi connectivity index (χ0v) is 11.4. The van der Waals surface area contributed by atoms with Crippen LogP contribution >= 0.6 is 0 Å². The molecule has 8 heteroatoms. The highest BCUT2D eigenvalue weighted by atomic mass is 32.2. The van der Waals surface area contributed by atoms with Gasteiger partial charge in [0.25, 0.3) is 0 Å². The number of hydrogen-bond donors (Lipinski definition) is 1. The second-order valence-electron chi connectivity index (χ2n) is 4.18. The summed E-state index contributed by atoms with van der Waals surface area (Å²) in [6.45, 7) is 0. The topological polar surface area (TPSA) is 86.2 Å². The summed E-state index contributed by atoms with van der Waals surface area (Å²) in [6, 6.07) is 6.97. The Hall–Kier alpha value is -2.35. The smallest absolute Gasteiger partial charge is 0.305 e. The molecule has 0 heterocycles. The fraction of sp³-hybridized carbons (Fsp3) is 0.0769. The molecule has 0 fully saturated rings. The molecule has 0 bridgehead atoms. The molecule has 0 aliphatic carbocycles. The van der Waals surface area contributed by atoms with Gasteiger partial charge in [-0.2, -0.15) is 4.39 Å². The number of halogens is 2. The Labute approximate surface area is 121 Å². The number of nitro benzene ring substituents is 1. The highest BCUT2D eigenvalue weighted by molar-refractivity contribution is 7.84. The van der Waals surface area contributed by atoms with Gasteiger partial charge in [0.2, 0.25) is 5.82 Å². The Morgan fingerprint density at radius 2 is 1.95 bits per heavy atom. The van der Waals surface area contributed by atoms with Gasteiger partial charge in [0.1, 0.15) is 5.82 Å². The molecule has 2 N–H and O–H groups in total. The molecular weight excluding hydrogens is 302 g/mol. The summed E-state index contributed by atoms with van der Waals surface area (Å²) in [6.07, 6.45) is 0. The second kappa shape index (κ2) is 5.96. The number of nitrogens with two attached hydrogens (primary N) is 1. The van der Waals surface area contributed by atoms with Crippen LogP contribution < -0.4 is 5.73 Å². The number of nitro groups is 1. The third kappa shape index (κ3) is 3.22. The normalized spacial score (nSPS) is 12.1. The van der Waals surface area contributed by atoms with Gasteiger partial charge in [0.05, 0.1) is 26.4 Å². The van der Waals surface area contributed by atoms with E-state index < -0.39 is 33.0 Å². The molecule has 0 spiro atoms. The number of nitrogen functional groups attached to an aromatic ring is 1. The van der Waals surface area contributed by atoms with Crippen molar-refractivity contribution < 1.29 is 17.9 Å². The van der Waals surface area contributed by atoms with E-state index in [1.165, 1.54) is 18.2 Å². The van der Waals surface area contributed by atoms with Crippen molar-refractivity contribution in [3.05, 3.63) is 63.7 Å². The fourth-order valence-corrected chi connectivity index (χ4v) is 2.98. The predicted octanol–water partition coefficient (Wildman–Crippen LogP) is 2.76. The molecule has 2 rings (SSSR count). The lowest BCUT2D eigenvalue weighted by Crippen LogP contribution is -2.04. The van der Waals surface area contributed by atoms with Gasteiger partial charge in [-0.1, -0.05) is 12.1 Å². The van der Waals surface area contributed by atoms with Crippen molar-refractivity contribution >= 4 is 22.2 Å². The molecule has 0 amide bonds. The first-order valence-corrected chi connectivity index (χ1v) is 7.07. The Morgan fingerprint density at radius 3 is 2.62 bits per heavy atom. The number of rotatable bonds is 4. The second-order valence-corrected chi connectivity index (χ2v) is 5.60. The van der Waals surface area contributed by atoms with E-state index >= 15 is 0 Å². The maximum Gasteiger partial charge on any atom is 0.305 e. The Balaban J connectivity index is 2.34. The Bertz CT molecular complexity index is 737. The summed E-state index contributed by atoms with van der Waals surface area (Å²) in [5.41, 5.74) is 4.92. The van der Waals surface area contributed by atoms with Crippen molar-refractivity contribution in [1.29, 1.82) is 0 Å². The van der Waals surface area contributed by atoms with Gasteiger partial charge in [-0.25, -0.2) is 4.39 Å². The van der Waals surface area contributed by atoms with Gasteiger partial charge < -0.3 is 5.73 Å². The van der Waals surface area contributed by atoms with Gasteiger partial charge >= 0.3 is 5.69 Å². The summed E-state index contributed by atoms with van der Waals surface area (Å²) in [4.78, 5) is 9.81.